The van der Waals surface area contributed by atoms with Crippen molar-refractivity contribution in [3.63, 3.8) is 0 Å². The summed E-state index contributed by atoms with van der Waals surface area (Å²) in [4.78, 5) is 25.2. The molecule has 3 rings (SSSR count). The molecule has 2 fully saturated rings. The van der Waals surface area contributed by atoms with Crippen molar-refractivity contribution in [2.24, 2.45) is 11.7 Å². The van der Waals surface area contributed by atoms with E-state index in [1.807, 2.05) is 17.0 Å². The van der Waals surface area contributed by atoms with Crippen molar-refractivity contribution in [3.8, 4) is 0 Å². The van der Waals surface area contributed by atoms with Crippen molar-refractivity contribution in [1.82, 2.24) is 4.90 Å². The first-order valence-electron chi connectivity index (χ1n) is 7.88. The molecule has 5 heteroatoms. The quantitative estimate of drug-likeness (QED) is 0.886. The normalized spacial score (nSPS) is 23.1. The molecule has 118 valence electrons. The Morgan fingerprint density at radius 1 is 1.27 bits per heavy atom. The number of nitrogens with two attached hydrogens (primary N) is 1. The highest BCUT2D eigenvalue weighted by atomic mass is 16.4. The van der Waals surface area contributed by atoms with E-state index in [-0.39, 0.29) is 5.91 Å². The number of aromatic carboxylic acids is 1. The van der Waals surface area contributed by atoms with Crippen LogP contribution in [-0.4, -0.2) is 40.5 Å². The summed E-state index contributed by atoms with van der Waals surface area (Å²) in [5.74, 6) is -0.358. The highest BCUT2D eigenvalue weighted by Crippen LogP contribution is 2.33. The molecule has 0 aromatic heterocycles. The van der Waals surface area contributed by atoms with E-state index in [2.05, 4.69) is 0 Å². The van der Waals surface area contributed by atoms with Gasteiger partial charge in [0.2, 0.25) is 5.91 Å². The van der Waals surface area contributed by atoms with Crippen LogP contribution in [0, 0.1) is 5.92 Å². The second kappa shape index (κ2) is 5.72. The minimum absolute atomic E-state index is 0.113. The van der Waals surface area contributed by atoms with Crippen LogP contribution in [0.3, 0.4) is 0 Å². The first-order chi connectivity index (χ1) is 10.5. The molecule has 2 aliphatic rings. The van der Waals surface area contributed by atoms with E-state index in [1.165, 1.54) is 0 Å². The van der Waals surface area contributed by atoms with Gasteiger partial charge in [0.25, 0.3) is 0 Å². The number of benzene rings is 1. The summed E-state index contributed by atoms with van der Waals surface area (Å²) in [6, 6.07) is 7.01. The zero-order valence-corrected chi connectivity index (χ0v) is 12.6. The van der Waals surface area contributed by atoms with E-state index in [4.69, 9.17) is 10.8 Å². The Bertz CT molecular complexity index is 578. The number of nitrogens with zero attached hydrogens (tertiary/aromatic N) is 1. The fourth-order valence-corrected chi connectivity index (χ4v) is 3.39. The van der Waals surface area contributed by atoms with Crippen LogP contribution in [0.25, 0.3) is 0 Å². The van der Waals surface area contributed by atoms with Crippen molar-refractivity contribution in [3.05, 3.63) is 35.4 Å². The number of carbonyl (C=O) groups is 2. The monoisotopic (exact) mass is 302 g/mol. The van der Waals surface area contributed by atoms with E-state index in [0.29, 0.717) is 11.5 Å². The minimum atomic E-state index is -0.905. The smallest absolute Gasteiger partial charge is 0.335 e. The van der Waals surface area contributed by atoms with Gasteiger partial charge >= 0.3 is 5.97 Å². The van der Waals surface area contributed by atoms with Crippen LogP contribution in [0.15, 0.2) is 24.3 Å². The fourth-order valence-electron chi connectivity index (χ4n) is 3.39. The number of amides is 1. The molecule has 1 aromatic carbocycles. The van der Waals surface area contributed by atoms with Gasteiger partial charge in [0, 0.05) is 13.1 Å². The first kappa shape index (κ1) is 15.0. The van der Waals surface area contributed by atoms with Crippen LogP contribution in [0.2, 0.25) is 0 Å². The van der Waals surface area contributed by atoms with Gasteiger partial charge in [0.05, 0.1) is 11.1 Å². The van der Waals surface area contributed by atoms with E-state index < -0.39 is 11.5 Å². The number of likely N-dealkylation sites (tertiary alicyclic amines) is 1. The largest absolute Gasteiger partial charge is 0.478 e. The highest BCUT2D eigenvalue weighted by molar-refractivity contribution is 5.88. The molecule has 1 unspecified atom stereocenters. The molecule has 22 heavy (non-hydrogen) atoms. The molecular formula is C17H22N2O3. The first-order valence-corrected chi connectivity index (χ1v) is 7.88. The zero-order valence-electron chi connectivity index (χ0n) is 12.6. The van der Waals surface area contributed by atoms with Gasteiger partial charge in [-0.1, -0.05) is 12.1 Å². The Morgan fingerprint density at radius 2 is 1.95 bits per heavy atom. The molecule has 1 saturated heterocycles. The van der Waals surface area contributed by atoms with E-state index in [1.54, 1.807) is 12.1 Å². The Kier molecular flexibility index (Phi) is 3.91. The van der Waals surface area contributed by atoms with E-state index in [0.717, 1.165) is 50.8 Å². The maximum absolute atomic E-state index is 12.4. The molecule has 1 atom stereocenters. The molecule has 0 radical (unpaired) electrons. The van der Waals surface area contributed by atoms with Gasteiger partial charge in [-0.25, -0.2) is 4.79 Å². The molecule has 5 nitrogen and oxygen atoms in total. The summed E-state index contributed by atoms with van der Waals surface area (Å²) in [7, 11) is 0. The van der Waals surface area contributed by atoms with Gasteiger partial charge in [-0.15, -0.1) is 0 Å². The van der Waals surface area contributed by atoms with Crippen molar-refractivity contribution in [2.75, 3.05) is 13.1 Å². The van der Waals surface area contributed by atoms with Gasteiger partial charge in [0.15, 0.2) is 0 Å². The molecule has 1 aliphatic heterocycles. The maximum Gasteiger partial charge on any atom is 0.335 e. The fraction of sp³-hybridized carbons (Fsp3) is 0.529. The van der Waals surface area contributed by atoms with Gasteiger partial charge in [-0.2, -0.15) is 0 Å². The van der Waals surface area contributed by atoms with Crippen LogP contribution in [0.1, 0.15) is 41.6 Å². The number of carbonyl (C=O) groups excluding carboxylic acids is 1. The lowest BCUT2D eigenvalue weighted by Gasteiger charge is -2.39. The van der Waals surface area contributed by atoms with Crippen molar-refractivity contribution in [1.29, 1.82) is 0 Å². The molecule has 1 heterocycles. The Morgan fingerprint density at radius 3 is 2.50 bits per heavy atom. The summed E-state index contributed by atoms with van der Waals surface area (Å²) in [6.07, 6.45) is 4.53. The second-order valence-electron chi connectivity index (χ2n) is 6.62. The average Bonchev–Trinajstić information content (AvgIpc) is 2.93. The molecule has 0 spiro atoms. The standard InChI is InChI=1S/C17H22N2O3/c18-17(7-1-8-17)16(22)19-9-6-13(11-19)10-12-2-4-14(5-3-12)15(20)21/h2-5,13H,1,6-11,18H2,(H,20,21). The van der Waals surface area contributed by atoms with Crippen molar-refractivity contribution < 1.29 is 14.7 Å². The van der Waals surface area contributed by atoms with E-state index >= 15 is 0 Å². The number of carboxylic acids is 1. The van der Waals surface area contributed by atoms with Gasteiger partial charge in [0.1, 0.15) is 0 Å². The third kappa shape index (κ3) is 2.86. The van der Waals surface area contributed by atoms with Crippen LogP contribution >= 0.6 is 0 Å². The number of carboxylic acid groups (broad SMARTS) is 1. The lowest BCUT2D eigenvalue weighted by molar-refractivity contribution is -0.139. The molecule has 1 aromatic rings. The highest BCUT2D eigenvalue weighted by Gasteiger charge is 2.44. The van der Waals surface area contributed by atoms with Crippen LogP contribution < -0.4 is 5.73 Å². The molecule has 3 N–H and O–H groups in total. The van der Waals surface area contributed by atoms with Gasteiger partial charge in [-0.05, 0) is 55.7 Å². The lowest BCUT2D eigenvalue weighted by atomic mass is 9.76. The zero-order chi connectivity index (χ0) is 15.7. The van der Waals surface area contributed by atoms with Gasteiger partial charge in [-0.3, -0.25) is 4.79 Å². The summed E-state index contributed by atoms with van der Waals surface area (Å²) in [5.41, 5.74) is 6.95. The third-order valence-corrected chi connectivity index (χ3v) is 4.97. The summed E-state index contributed by atoms with van der Waals surface area (Å²) >= 11 is 0. The summed E-state index contributed by atoms with van der Waals surface area (Å²) in [5, 5.41) is 8.90. The third-order valence-electron chi connectivity index (χ3n) is 4.97. The van der Waals surface area contributed by atoms with Crippen molar-refractivity contribution >= 4 is 11.9 Å². The van der Waals surface area contributed by atoms with Crippen LogP contribution in [0.4, 0.5) is 0 Å². The summed E-state index contributed by atoms with van der Waals surface area (Å²) < 4.78 is 0. The predicted octanol–water partition coefficient (Wildman–Crippen LogP) is 1.66. The Hall–Kier alpha value is -1.88. The summed E-state index contributed by atoms with van der Waals surface area (Å²) in [6.45, 7) is 1.55. The average molecular weight is 302 g/mol. The Labute approximate surface area is 130 Å². The SMILES string of the molecule is NC1(C(=O)N2CCC(Cc3ccc(C(=O)O)cc3)C2)CCC1. The number of rotatable bonds is 4. The molecule has 1 aliphatic carbocycles. The van der Waals surface area contributed by atoms with E-state index in [9.17, 15) is 9.59 Å². The second-order valence-corrected chi connectivity index (χ2v) is 6.62. The van der Waals surface area contributed by atoms with Crippen LogP contribution in [-0.2, 0) is 11.2 Å². The minimum Gasteiger partial charge on any atom is -0.478 e. The lowest BCUT2D eigenvalue weighted by Crippen LogP contribution is -2.59. The predicted molar refractivity (Wildman–Crippen MR) is 82.6 cm³/mol. The number of hydrogen-bond donors (Lipinski definition) is 2. The molecule has 1 amide bonds. The maximum atomic E-state index is 12.4. The molecule has 0 bridgehead atoms. The Balaban J connectivity index is 1.56. The number of hydrogen-bond acceptors (Lipinski definition) is 3. The van der Waals surface area contributed by atoms with Crippen molar-refractivity contribution in [2.45, 2.75) is 37.6 Å². The molecular weight excluding hydrogens is 280 g/mol. The van der Waals surface area contributed by atoms with Crippen LogP contribution in [0.5, 0.6) is 0 Å². The molecule has 1 saturated carbocycles. The van der Waals surface area contributed by atoms with Gasteiger partial charge < -0.3 is 15.7 Å². The topological polar surface area (TPSA) is 83.6 Å².